The Morgan fingerprint density at radius 2 is 2.43 bits per heavy atom. The molecule has 0 aromatic carbocycles. The fraction of sp³-hybridized carbons (Fsp3) is 0.333. The normalized spacial score (nSPS) is 12.2. The largest absolute Gasteiger partial charge is 0.469 e. The quantitative estimate of drug-likeness (QED) is 0.611. The van der Waals surface area contributed by atoms with Gasteiger partial charge >= 0.3 is 5.97 Å². The molecular formula is C9H10ClNO3. The molecule has 0 aliphatic rings. The van der Waals surface area contributed by atoms with E-state index in [9.17, 15) is 9.90 Å². The van der Waals surface area contributed by atoms with Crippen molar-refractivity contribution in [2.45, 2.75) is 12.5 Å². The summed E-state index contributed by atoms with van der Waals surface area (Å²) >= 11 is 5.56. The number of aliphatic hydroxyl groups is 1. The fourth-order valence-electron chi connectivity index (χ4n) is 0.943. The monoisotopic (exact) mass is 215 g/mol. The van der Waals surface area contributed by atoms with E-state index in [-0.39, 0.29) is 6.42 Å². The smallest absolute Gasteiger partial charge is 0.308 e. The van der Waals surface area contributed by atoms with Crippen molar-refractivity contribution >= 4 is 17.6 Å². The molecule has 0 saturated heterocycles. The summed E-state index contributed by atoms with van der Waals surface area (Å²) in [5.41, 5.74) is 0.541. The molecule has 1 atom stereocenters. The maximum atomic E-state index is 10.8. The zero-order chi connectivity index (χ0) is 10.6. The van der Waals surface area contributed by atoms with Crippen molar-refractivity contribution in [1.29, 1.82) is 0 Å². The van der Waals surface area contributed by atoms with Gasteiger partial charge in [0.05, 0.1) is 19.6 Å². The maximum Gasteiger partial charge on any atom is 0.308 e. The average Bonchev–Trinajstić information content (AvgIpc) is 2.18. The van der Waals surface area contributed by atoms with Crippen molar-refractivity contribution in [1.82, 2.24) is 4.98 Å². The van der Waals surface area contributed by atoms with E-state index in [0.717, 1.165) is 0 Å². The Morgan fingerprint density at radius 1 is 1.71 bits per heavy atom. The van der Waals surface area contributed by atoms with Crippen LogP contribution in [-0.4, -0.2) is 23.2 Å². The molecule has 4 nitrogen and oxygen atoms in total. The van der Waals surface area contributed by atoms with Crippen LogP contribution in [0.5, 0.6) is 0 Å². The molecule has 1 heterocycles. The number of esters is 1. The summed E-state index contributed by atoms with van der Waals surface area (Å²) in [5, 5.41) is 9.88. The van der Waals surface area contributed by atoms with Gasteiger partial charge in [-0.05, 0) is 11.6 Å². The van der Waals surface area contributed by atoms with Crippen LogP contribution >= 0.6 is 11.6 Å². The van der Waals surface area contributed by atoms with Gasteiger partial charge < -0.3 is 9.84 Å². The Bertz CT molecular complexity index is 312. The first-order chi connectivity index (χ1) is 6.63. The molecule has 0 unspecified atom stereocenters. The number of hydrogen-bond donors (Lipinski definition) is 1. The van der Waals surface area contributed by atoms with E-state index >= 15 is 0 Å². The predicted octanol–water partition coefficient (Wildman–Crippen LogP) is 1.33. The number of aromatic nitrogens is 1. The molecule has 76 valence electrons. The first-order valence-corrected chi connectivity index (χ1v) is 4.37. The van der Waals surface area contributed by atoms with Gasteiger partial charge in [0.1, 0.15) is 5.15 Å². The van der Waals surface area contributed by atoms with E-state index in [1.807, 2.05) is 0 Å². The van der Waals surface area contributed by atoms with Crippen molar-refractivity contribution in [3.8, 4) is 0 Å². The third kappa shape index (κ3) is 2.97. The van der Waals surface area contributed by atoms with E-state index in [1.54, 1.807) is 12.1 Å². The molecule has 14 heavy (non-hydrogen) atoms. The number of rotatable bonds is 3. The van der Waals surface area contributed by atoms with Crippen LogP contribution in [0.1, 0.15) is 18.1 Å². The van der Waals surface area contributed by atoms with Crippen LogP contribution in [0.3, 0.4) is 0 Å². The van der Waals surface area contributed by atoms with Crippen LogP contribution in [0.25, 0.3) is 0 Å². The van der Waals surface area contributed by atoms with Gasteiger partial charge in [-0.15, -0.1) is 0 Å². The number of nitrogens with zero attached hydrogens (tertiary/aromatic N) is 1. The Labute approximate surface area is 86.5 Å². The Hall–Kier alpha value is -1.13. The number of pyridine rings is 1. The van der Waals surface area contributed by atoms with Crippen molar-refractivity contribution in [2.24, 2.45) is 0 Å². The maximum absolute atomic E-state index is 10.8. The summed E-state index contributed by atoms with van der Waals surface area (Å²) in [4.78, 5) is 14.6. The lowest BCUT2D eigenvalue weighted by Gasteiger charge is -2.08. The Kier molecular flexibility index (Phi) is 3.85. The molecule has 0 amide bonds. The van der Waals surface area contributed by atoms with E-state index in [1.165, 1.54) is 13.3 Å². The molecule has 1 aromatic rings. The van der Waals surface area contributed by atoms with Gasteiger partial charge in [-0.2, -0.15) is 0 Å². The average molecular weight is 216 g/mol. The fourth-order valence-corrected chi connectivity index (χ4v) is 1.06. The van der Waals surface area contributed by atoms with Gasteiger partial charge in [0.2, 0.25) is 0 Å². The highest BCUT2D eigenvalue weighted by molar-refractivity contribution is 6.29. The molecule has 0 spiro atoms. The van der Waals surface area contributed by atoms with Crippen molar-refractivity contribution in [3.63, 3.8) is 0 Å². The minimum absolute atomic E-state index is 0.0835. The minimum atomic E-state index is -0.896. The van der Waals surface area contributed by atoms with E-state index < -0.39 is 12.1 Å². The van der Waals surface area contributed by atoms with Crippen LogP contribution in [0.2, 0.25) is 5.15 Å². The second kappa shape index (κ2) is 4.93. The standard InChI is InChI=1S/C9H10ClNO3/c1-14-9(13)4-7(12)6-2-3-8(10)11-5-6/h2-3,5,7,12H,4H2,1H3/t7-/m0/s1. The Morgan fingerprint density at radius 3 is 2.93 bits per heavy atom. The van der Waals surface area contributed by atoms with Crippen LogP contribution < -0.4 is 0 Å². The molecule has 1 rings (SSSR count). The highest BCUT2D eigenvalue weighted by Gasteiger charge is 2.13. The van der Waals surface area contributed by atoms with Crippen molar-refractivity contribution in [2.75, 3.05) is 7.11 Å². The molecule has 0 bridgehead atoms. The van der Waals surface area contributed by atoms with Crippen LogP contribution in [-0.2, 0) is 9.53 Å². The number of ether oxygens (including phenoxy) is 1. The lowest BCUT2D eigenvalue weighted by atomic mass is 10.1. The number of halogens is 1. The highest BCUT2D eigenvalue weighted by Crippen LogP contribution is 2.17. The molecule has 0 fully saturated rings. The van der Waals surface area contributed by atoms with Crippen molar-refractivity contribution in [3.05, 3.63) is 29.0 Å². The van der Waals surface area contributed by atoms with Crippen LogP contribution in [0.4, 0.5) is 0 Å². The van der Waals surface area contributed by atoms with Crippen LogP contribution in [0.15, 0.2) is 18.3 Å². The topological polar surface area (TPSA) is 59.4 Å². The molecule has 0 aliphatic carbocycles. The summed E-state index contributed by atoms with van der Waals surface area (Å²) in [6.07, 6.45) is 0.447. The number of hydrogen-bond acceptors (Lipinski definition) is 4. The van der Waals surface area contributed by atoms with E-state index in [4.69, 9.17) is 11.6 Å². The second-order valence-corrected chi connectivity index (χ2v) is 3.10. The Balaban J connectivity index is 2.65. The molecule has 5 heteroatoms. The first-order valence-electron chi connectivity index (χ1n) is 4.00. The van der Waals surface area contributed by atoms with Gasteiger partial charge in [0.25, 0.3) is 0 Å². The highest BCUT2D eigenvalue weighted by atomic mass is 35.5. The third-order valence-corrected chi connectivity index (χ3v) is 1.95. The van der Waals surface area contributed by atoms with Gasteiger partial charge in [-0.25, -0.2) is 4.98 Å². The summed E-state index contributed by atoms with van der Waals surface area (Å²) < 4.78 is 4.42. The second-order valence-electron chi connectivity index (χ2n) is 2.71. The molecular weight excluding hydrogens is 206 g/mol. The van der Waals surface area contributed by atoms with E-state index in [0.29, 0.717) is 10.7 Å². The molecule has 0 saturated carbocycles. The zero-order valence-electron chi connectivity index (χ0n) is 7.61. The number of carbonyl (C=O) groups is 1. The molecule has 1 N–H and O–H groups in total. The van der Waals surface area contributed by atoms with Crippen LogP contribution in [0, 0.1) is 0 Å². The number of carbonyl (C=O) groups excluding carboxylic acids is 1. The van der Waals surface area contributed by atoms with Gasteiger partial charge in [0.15, 0.2) is 0 Å². The third-order valence-electron chi connectivity index (χ3n) is 1.72. The summed E-state index contributed by atoms with van der Waals surface area (Å²) in [6, 6.07) is 3.17. The lowest BCUT2D eigenvalue weighted by Crippen LogP contribution is -2.08. The lowest BCUT2D eigenvalue weighted by molar-refractivity contribution is -0.142. The van der Waals surface area contributed by atoms with Gasteiger partial charge in [-0.3, -0.25) is 4.79 Å². The SMILES string of the molecule is COC(=O)C[C@H](O)c1ccc(Cl)nc1. The van der Waals surface area contributed by atoms with Crippen molar-refractivity contribution < 1.29 is 14.6 Å². The minimum Gasteiger partial charge on any atom is -0.469 e. The molecule has 0 radical (unpaired) electrons. The molecule has 1 aromatic heterocycles. The predicted molar refractivity (Wildman–Crippen MR) is 50.8 cm³/mol. The zero-order valence-corrected chi connectivity index (χ0v) is 8.36. The number of methoxy groups -OCH3 is 1. The summed E-state index contributed by atoms with van der Waals surface area (Å²) in [6.45, 7) is 0. The summed E-state index contributed by atoms with van der Waals surface area (Å²) in [5.74, 6) is -0.465. The number of aliphatic hydroxyl groups excluding tert-OH is 1. The molecule has 0 aliphatic heterocycles. The van der Waals surface area contributed by atoms with Gasteiger partial charge in [-0.1, -0.05) is 17.7 Å². The van der Waals surface area contributed by atoms with Gasteiger partial charge in [0, 0.05) is 6.20 Å². The van der Waals surface area contributed by atoms with E-state index in [2.05, 4.69) is 9.72 Å². The summed E-state index contributed by atoms with van der Waals surface area (Å²) in [7, 11) is 1.27. The first kappa shape index (κ1) is 10.9.